The third kappa shape index (κ3) is 7.27. The Balaban J connectivity index is 1.63. The van der Waals surface area contributed by atoms with E-state index >= 15 is 0 Å². The van der Waals surface area contributed by atoms with Crippen LogP contribution < -0.4 is 10.0 Å². The molecule has 1 aliphatic rings. The van der Waals surface area contributed by atoms with Gasteiger partial charge in [-0.15, -0.1) is 0 Å². The highest BCUT2D eigenvalue weighted by molar-refractivity contribution is 7.89. The molecule has 1 amide bonds. The number of carbonyl (C=O) groups is 1. The first-order valence-corrected chi connectivity index (χ1v) is 10.2. The molecule has 5 nitrogen and oxygen atoms in total. The minimum atomic E-state index is -3.44. The quantitative estimate of drug-likeness (QED) is 0.670. The maximum absolute atomic E-state index is 11.9. The van der Waals surface area contributed by atoms with Crippen molar-refractivity contribution in [2.45, 2.75) is 38.5 Å². The second kappa shape index (κ2) is 9.59. The van der Waals surface area contributed by atoms with Crippen molar-refractivity contribution in [3.8, 4) is 0 Å². The zero-order chi connectivity index (χ0) is 17.3. The van der Waals surface area contributed by atoms with Crippen LogP contribution in [0.15, 0.2) is 42.0 Å². The predicted molar refractivity (Wildman–Crippen MR) is 96.1 cm³/mol. The van der Waals surface area contributed by atoms with Gasteiger partial charge in [-0.2, -0.15) is 0 Å². The van der Waals surface area contributed by atoms with Gasteiger partial charge < -0.3 is 5.32 Å². The van der Waals surface area contributed by atoms with Crippen molar-refractivity contribution in [2.24, 2.45) is 0 Å². The summed E-state index contributed by atoms with van der Waals surface area (Å²) in [5.74, 6) is -0.299. The molecule has 0 aromatic heterocycles. The lowest BCUT2D eigenvalue weighted by molar-refractivity contribution is -0.119. The zero-order valence-corrected chi connectivity index (χ0v) is 14.8. The Labute approximate surface area is 144 Å². The van der Waals surface area contributed by atoms with Gasteiger partial charge in [-0.05, 0) is 44.1 Å². The van der Waals surface area contributed by atoms with Crippen LogP contribution in [-0.4, -0.2) is 33.2 Å². The van der Waals surface area contributed by atoms with E-state index in [0.29, 0.717) is 13.0 Å². The molecule has 0 heterocycles. The molecule has 0 atom stereocenters. The normalized spacial score (nSPS) is 14.9. The summed E-state index contributed by atoms with van der Waals surface area (Å²) < 4.78 is 26.2. The van der Waals surface area contributed by atoms with E-state index in [2.05, 4.69) is 16.1 Å². The van der Waals surface area contributed by atoms with Crippen LogP contribution in [0, 0.1) is 0 Å². The minimum absolute atomic E-state index is 0.0167. The average molecular weight is 350 g/mol. The van der Waals surface area contributed by atoms with Crippen molar-refractivity contribution in [1.82, 2.24) is 10.0 Å². The molecule has 1 aromatic rings. The van der Waals surface area contributed by atoms with Gasteiger partial charge in [0.05, 0.1) is 12.3 Å². The van der Waals surface area contributed by atoms with E-state index in [1.165, 1.54) is 18.4 Å². The third-order valence-corrected chi connectivity index (χ3v) is 5.43. The molecule has 0 fully saturated rings. The van der Waals surface area contributed by atoms with Gasteiger partial charge >= 0.3 is 0 Å². The summed E-state index contributed by atoms with van der Waals surface area (Å²) in [6.07, 6.45) is 8.26. The van der Waals surface area contributed by atoms with Crippen molar-refractivity contribution in [3.05, 3.63) is 47.5 Å². The summed E-state index contributed by atoms with van der Waals surface area (Å²) >= 11 is 0. The van der Waals surface area contributed by atoms with Gasteiger partial charge in [-0.1, -0.05) is 42.0 Å². The topological polar surface area (TPSA) is 75.3 Å². The zero-order valence-electron chi connectivity index (χ0n) is 14.0. The predicted octanol–water partition coefficient (Wildman–Crippen LogP) is 2.16. The molecular formula is C18H26N2O3S. The first-order chi connectivity index (χ1) is 11.6. The van der Waals surface area contributed by atoms with Crippen LogP contribution in [0.1, 0.15) is 37.7 Å². The molecule has 0 saturated heterocycles. The number of rotatable bonds is 9. The summed E-state index contributed by atoms with van der Waals surface area (Å²) in [7, 11) is -3.44. The number of aryl methyl sites for hydroxylation is 1. The number of benzene rings is 1. The minimum Gasteiger partial charge on any atom is -0.355 e. The highest BCUT2D eigenvalue weighted by Crippen LogP contribution is 2.19. The van der Waals surface area contributed by atoms with Gasteiger partial charge in [-0.25, -0.2) is 13.1 Å². The Morgan fingerprint density at radius 3 is 2.58 bits per heavy atom. The Morgan fingerprint density at radius 1 is 1.08 bits per heavy atom. The van der Waals surface area contributed by atoms with Crippen LogP contribution in [-0.2, 0) is 21.2 Å². The van der Waals surface area contributed by atoms with Gasteiger partial charge in [0, 0.05) is 6.54 Å². The molecule has 0 bridgehead atoms. The van der Waals surface area contributed by atoms with E-state index in [9.17, 15) is 13.2 Å². The van der Waals surface area contributed by atoms with Crippen molar-refractivity contribution >= 4 is 15.9 Å². The van der Waals surface area contributed by atoms with Gasteiger partial charge in [0.2, 0.25) is 15.9 Å². The number of amides is 1. The molecule has 0 saturated carbocycles. The van der Waals surface area contributed by atoms with E-state index < -0.39 is 10.0 Å². The summed E-state index contributed by atoms with van der Waals surface area (Å²) in [6, 6.07) is 9.43. The Bertz CT molecular complexity index is 654. The van der Waals surface area contributed by atoms with E-state index in [-0.39, 0.29) is 18.2 Å². The number of sulfonamides is 1. The maximum atomic E-state index is 11.9. The van der Waals surface area contributed by atoms with Gasteiger partial charge in [0.1, 0.15) is 0 Å². The van der Waals surface area contributed by atoms with Crippen molar-refractivity contribution in [1.29, 1.82) is 0 Å². The van der Waals surface area contributed by atoms with Crippen LogP contribution in [0.3, 0.4) is 0 Å². The summed E-state index contributed by atoms with van der Waals surface area (Å²) in [5.41, 5.74) is 2.36. The highest BCUT2D eigenvalue weighted by atomic mass is 32.2. The van der Waals surface area contributed by atoms with Crippen LogP contribution >= 0.6 is 0 Å². The van der Waals surface area contributed by atoms with Crippen LogP contribution in [0.5, 0.6) is 0 Å². The Hall–Kier alpha value is -1.66. The molecule has 0 spiro atoms. The molecule has 132 valence electrons. The molecule has 0 unspecified atom stereocenters. The number of nitrogens with one attached hydrogen (secondary N) is 2. The average Bonchev–Trinajstić information content (AvgIpc) is 2.60. The fourth-order valence-corrected chi connectivity index (χ4v) is 3.70. The molecule has 0 radical (unpaired) electrons. The van der Waals surface area contributed by atoms with Crippen LogP contribution in [0.2, 0.25) is 0 Å². The van der Waals surface area contributed by atoms with Gasteiger partial charge in [0.25, 0.3) is 0 Å². The second-order valence-electron chi connectivity index (χ2n) is 6.08. The van der Waals surface area contributed by atoms with E-state index in [1.54, 1.807) is 0 Å². The Kier molecular flexibility index (Phi) is 7.46. The number of carbonyl (C=O) groups excluding carboxylic acids is 1. The molecule has 2 rings (SSSR count). The van der Waals surface area contributed by atoms with Crippen molar-refractivity contribution in [3.63, 3.8) is 0 Å². The first-order valence-electron chi connectivity index (χ1n) is 8.51. The SMILES string of the molecule is O=C(CNS(=O)(=O)CCc1ccccc1)NCCC1=CCCCC1. The van der Waals surface area contributed by atoms with Gasteiger partial charge in [0.15, 0.2) is 0 Å². The Morgan fingerprint density at radius 2 is 1.88 bits per heavy atom. The lowest BCUT2D eigenvalue weighted by atomic mass is 9.97. The van der Waals surface area contributed by atoms with E-state index in [4.69, 9.17) is 0 Å². The first kappa shape index (κ1) is 18.7. The van der Waals surface area contributed by atoms with E-state index in [0.717, 1.165) is 24.8 Å². The van der Waals surface area contributed by atoms with Crippen LogP contribution in [0.25, 0.3) is 0 Å². The largest absolute Gasteiger partial charge is 0.355 e. The number of hydrogen-bond donors (Lipinski definition) is 2. The fraction of sp³-hybridized carbons (Fsp3) is 0.500. The second-order valence-corrected chi connectivity index (χ2v) is 8.01. The molecule has 2 N–H and O–H groups in total. The molecule has 1 aliphatic carbocycles. The molecule has 24 heavy (non-hydrogen) atoms. The van der Waals surface area contributed by atoms with E-state index in [1.807, 2.05) is 30.3 Å². The highest BCUT2D eigenvalue weighted by Gasteiger charge is 2.12. The molecule has 6 heteroatoms. The molecule has 0 aliphatic heterocycles. The summed E-state index contributed by atoms with van der Waals surface area (Å²) in [4.78, 5) is 11.7. The van der Waals surface area contributed by atoms with Crippen molar-refractivity contribution < 1.29 is 13.2 Å². The standard InChI is InChI=1S/C18H26N2O3S/c21-18(19-13-11-16-7-3-1-4-8-16)15-20-24(22,23)14-12-17-9-5-2-6-10-17/h2,5-7,9-10,20H,1,3-4,8,11-15H2,(H,19,21). The summed E-state index contributed by atoms with van der Waals surface area (Å²) in [5, 5.41) is 2.77. The maximum Gasteiger partial charge on any atom is 0.235 e. The molecule has 1 aromatic carbocycles. The number of allylic oxidation sites excluding steroid dienone is 1. The smallest absolute Gasteiger partial charge is 0.235 e. The van der Waals surface area contributed by atoms with Gasteiger partial charge in [-0.3, -0.25) is 4.79 Å². The molecular weight excluding hydrogens is 324 g/mol. The monoisotopic (exact) mass is 350 g/mol. The lowest BCUT2D eigenvalue weighted by Crippen LogP contribution is -2.38. The lowest BCUT2D eigenvalue weighted by Gasteiger charge is -2.13. The fourth-order valence-electron chi connectivity index (χ4n) is 2.70. The van der Waals surface area contributed by atoms with Crippen LogP contribution in [0.4, 0.5) is 0 Å². The number of hydrogen-bond acceptors (Lipinski definition) is 3. The summed E-state index contributed by atoms with van der Waals surface area (Å²) in [6.45, 7) is 0.368. The third-order valence-electron chi connectivity index (χ3n) is 4.11. The van der Waals surface area contributed by atoms with Crippen molar-refractivity contribution in [2.75, 3.05) is 18.8 Å².